The number of esters is 1. The average Bonchev–Trinajstić information content (AvgIpc) is 3.03. The Morgan fingerprint density at radius 2 is 2.00 bits per heavy atom. The van der Waals surface area contributed by atoms with Crippen LogP contribution in [0.5, 0.6) is 0 Å². The number of urea groups is 1. The number of rotatable bonds is 4. The van der Waals surface area contributed by atoms with Crippen molar-refractivity contribution in [2.75, 3.05) is 12.4 Å². The highest BCUT2D eigenvalue weighted by Gasteiger charge is 2.17. The minimum Gasteiger partial charge on any atom is -0.464 e. The van der Waals surface area contributed by atoms with E-state index in [1.165, 1.54) is 7.11 Å². The third kappa shape index (κ3) is 3.32. The van der Waals surface area contributed by atoms with E-state index in [0.29, 0.717) is 23.2 Å². The number of anilines is 1. The third-order valence-corrected chi connectivity index (χ3v) is 3.31. The summed E-state index contributed by atoms with van der Waals surface area (Å²) < 4.78 is 9.72. The van der Waals surface area contributed by atoms with Gasteiger partial charge < -0.3 is 19.9 Å². The molecule has 0 aliphatic heterocycles. The predicted octanol–water partition coefficient (Wildman–Crippen LogP) is 2.33. The van der Waals surface area contributed by atoms with E-state index in [4.69, 9.17) is 4.52 Å². The Labute approximate surface area is 136 Å². The van der Waals surface area contributed by atoms with E-state index in [0.717, 1.165) is 5.56 Å². The highest BCUT2D eigenvalue weighted by atomic mass is 16.5. The van der Waals surface area contributed by atoms with Crippen molar-refractivity contribution in [2.45, 2.75) is 6.54 Å². The zero-order valence-electron chi connectivity index (χ0n) is 12.8. The first kappa shape index (κ1) is 15.5. The van der Waals surface area contributed by atoms with Gasteiger partial charge in [0.05, 0.1) is 12.5 Å². The molecule has 24 heavy (non-hydrogen) atoms. The van der Waals surface area contributed by atoms with Crippen molar-refractivity contribution in [3.05, 3.63) is 54.0 Å². The van der Waals surface area contributed by atoms with E-state index >= 15 is 0 Å². The number of carbonyl (C=O) groups excluding carboxylic acids is 2. The number of carbonyl (C=O) groups is 2. The Hall–Kier alpha value is -3.42. The molecule has 0 spiro atoms. The molecule has 0 aliphatic carbocycles. The van der Waals surface area contributed by atoms with Gasteiger partial charge in [0.2, 0.25) is 0 Å². The minimum absolute atomic E-state index is 0.0983. The average molecular weight is 326 g/mol. The van der Waals surface area contributed by atoms with Crippen LogP contribution in [0.1, 0.15) is 16.1 Å². The van der Waals surface area contributed by atoms with Gasteiger partial charge in [-0.25, -0.2) is 9.59 Å². The van der Waals surface area contributed by atoms with Gasteiger partial charge in [0.15, 0.2) is 11.3 Å². The first-order chi connectivity index (χ1) is 11.7. The molecule has 2 aromatic heterocycles. The fourth-order valence-electron chi connectivity index (χ4n) is 2.12. The van der Waals surface area contributed by atoms with E-state index in [1.54, 1.807) is 30.6 Å². The molecule has 0 radical (unpaired) electrons. The molecule has 1 aromatic carbocycles. The molecule has 8 nitrogen and oxygen atoms in total. The Kier molecular flexibility index (Phi) is 4.37. The molecule has 0 saturated heterocycles. The maximum absolute atomic E-state index is 11.9. The highest BCUT2D eigenvalue weighted by Crippen LogP contribution is 2.22. The molecule has 2 heterocycles. The third-order valence-electron chi connectivity index (χ3n) is 3.31. The number of methoxy groups -OCH3 is 1. The van der Waals surface area contributed by atoms with E-state index in [1.807, 2.05) is 12.1 Å². The molecule has 2 N–H and O–H groups in total. The number of ether oxygens (including phenoxy) is 1. The maximum atomic E-state index is 11.9. The van der Waals surface area contributed by atoms with Crippen LogP contribution in [0.25, 0.3) is 11.0 Å². The normalized spacial score (nSPS) is 10.4. The molecular weight excluding hydrogens is 312 g/mol. The lowest BCUT2D eigenvalue weighted by molar-refractivity contribution is 0.0591. The summed E-state index contributed by atoms with van der Waals surface area (Å²) in [5, 5.41) is 9.61. The molecule has 8 heteroatoms. The van der Waals surface area contributed by atoms with Gasteiger partial charge in [0.1, 0.15) is 0 Å². The monoisotopic (exact) mass is 326 g/mol. The molecule has 0 fully saturated rings. The number of aromatic nitrogens is 2. The lowest BCUT2D eigenvalue weighted by Gasteiger charge is -2.07. The smallest absolute Gasteiger partial charge is 0.360 e. The van der Waals surface area contributed by atoms with Crippen molar-refractivity contribution in [3.63, 3.8) is 0 Å². The highest BCUT2D eigenvalue weighted by molar-refractivity contribution is 6.02. The minimum atomic E-state index is -0.579. The number of nitrogens with one attached hydrogen (secondary N) is 2. The fraction of sp³-hybridized carbons (Fsp3) is 0.125. The Balaban J connectivity index is 1.67. The molecule has 0 atom stereocenters. The molecule has 3 aromatic rings. The van der Waals surface area contributed by atoms with Gasteiger partial charge in [-0.15, -0.1) is 0 Å². The lowest BCUT2D eigenvalue weighted by atomic mass is 10.2. The summed E-state index contributed by atoms with van der Waals surface area (Å²) in [6.45, 7) is 0.380. The second-order valence-corrected chi connectivity index (χ2v) is 4.90. The Morgan fingerprint density at radius 1 is 1.21 bits per heavy atom. The van der Waals surface area contributed by atoms with Crippen molar-refractivity contribution >= 4 is 28.7 Å². The van der Waals surface area contributed by atoms with Gasteiger partial charge in [0.25, 0.3) is 0 Å². The van der Waals surface area contributed by atoms with Crippen LogP contribution in [0.4, 0.5) is 10.5 Å². The van der Waals surface area contributed by atoms with Gasteiger partial charge in [-0.05, 0) is 29.8 Å². The van der Waals surface area contributed by atoms with Crippen molar-refractivity contribution in [3.8, 4) is 0 Å². The zero-order chi connectivity index (χ0) is 16.9. The first-order valence-corrected chi connectivity index (χ1v) is 7.09. The second-order valence-electron chi connectivity index (χ2n) is 4.90. The number of fused-ring (bicyclic) bond motifs is 1. The fourth-order valence-corrected chi connectivity index (χ4v) is 2.12. The zero-order valence-corrected chi connectivity index (χ0v) is 12.8. The Morgan fingerprint density at radius 3 is 2.75 bits per heavy atom. The van der Waals surface area contributed by atoms with E-state index < -0.39 is 5.97 Å². The number of nitrogens with zero attached hydrogens (tertiary/aromatic N) is 2. The van der Waals surface area contributed by atoms with Crippen molar-refractivity contribution < 1.29 is 18.8 Å². The summed E-state index contributed by atoms with van der Waals surface area (Å²) in [5.41, 5.74) is 1.93. The molecule has 2 amide bonds. The van der Waals surface area contributed by atoms with E-state index in [9.17, 15) is 9.59 Å². The SMILES string of the molecule is COC(=O)c1noc2cc(NC(=O)NCc3ccncc3)ccc12. The number of amides is 2. The van der Waals surface area contributed by atoms with Gasteiger partial charge in [-0.3, -0.25) is 4.98 Å². The number of pyridine rings is 1. The quantitative estimate of drug-likeness (QED) is 0.713. The van der Waals surface area contributed by atoms with Crippen LogP contribution in [-0.4, -0.2) is 29.3 Å². The summed E-state index contributed by atoms with van der Waals surface area (Å²) in [6.07, 6.45) is 3.32. The standard InChI is InChI=1S/C16H14N4O4/c1-23-15(21)14-12-3-2-11(8-13(12)24-20-14)19-16(22)18-9-10-4-6-17-7-5-10/h2-8H,9H2,1H3,(H2,18,19,22). The molecule has 0 aliphatic rings. The van der Waals surface area contributed by atoms with Crippen LogP contribution >= 0.6 is 0 Å². The number of benzene rings is 1. The largest absolute Gasteiger partial charge is 0.464 e. The maximum Gasteiger partial charge on any atom is 0.360 e. The molecule has 0 bridgehead atoms. The first-order valence-electron chi connectivity index (χ1n) is 7.09. The predicted molar refractivity (Wildman–Crippen MR) is 85.4 cm³/mol. The van der Waals surface area contributed by atoms with Crippen LogP contribution in [-0.2, 0) is 11.3 Å². The molecule has 0 saturated carbocycles. The van der Waals surface area contributed by atoms with Crippen LogP contribution in [0.3, 0.4) is 0 Å². The topological polar surface area (TPSA) is 106 Å². The van der Waals surface area contributed by atoms with Crippen molar-refractivity contribution in [1.29, 1.82) is 0 Å². The van der Waals surface area contributed by atoms with Crippen LogP contribution in [0.2, 0.25) is 0 Å². The summed E-state index contributed by atoms with van der Waals surface area (Å²) in [6, 6.07) is 8.14. The Bertz CT molecular complexity index is 876. The lowest BCUT2D eigenvalue weighted by Crippen LogP contribution is -2.28. The summed E-state index contributed by atoms with van der Waals surface area (Å²) in [4.78, 5) is 27.4. The van der Waals surface area contributed by atoms with Gasteiger partial charge in [-0.2, -0.15) is 0 Å². The van der Waals surface area contributed by atoms with Gasteiger partial charge >= 0.3 is 12.0 Å². The molecule has 3 rings (SSSR count). The number of hydrogen-bond acceptors (Lipinski definition) is 6. The van der Waals surface area contributed by atoms with E-state index in [-0.39, 0.29) is 11.7 Å². The molecule has 122 valence electrons. The van der Waals surface area contributed by atoms with Gasteiger partial charge in [-0.1, -0.05) is 5.16 Å². The summed E-state index contributed by atoms with van der Waals surface area (Å²) in [7, 11) is 1.27. The van der Waals surface area contributed by atoms with Crippen LogP contribution in [0.15, 0.2) is 47.2 Å². The van der Waals surface area contributed by atoms with Crippen molar-refractivity contribution in [1.82, 2.24) is 15.5 Å². The van der Waals surface area contributed by atoms with Crippen molar-refractivity contribution in [2.24, 2.45) is 0 Å². The van der Waals surface area contributed by atoms with Crippen LogP contribution < -0.4 is 10.6 Å². The molecule has 0 unspecified atom stereocenters. The summed E-state index contributed by atoms with van der Waals surface area (Å²) >= 11 is 0. The molecular formula is C16H14N4O4. The van der Waals surface area contributed by atoms with Crippen LogP contribution in [0, 0.1) is 0 Å². The van der Waals surface area contributed by atoms with E-state index in [2.05, 4.69) is 25.5 Å². The summed E-state index contributed by atoms with van der Waals surface area (Å²) in [5.74, 6) is -0.579. The second kappa shape index (κ2) is 6.78. The van der Waals surface area contributed by atoms with Gasteiger partial charge in [0, 0.05) is 30.7 Å². The number of hydrogen-bond donors (Lipinski definition) is 2.